The number of nitrogens with zero attached hydrogens (tertiary/aromatic N) is 1. The van der Waals surface area contributed by atoms with E-state index in [2.05, 4.69) is 0 Å². The van der Waals surface area contributed by atoms with Gasteiger partial charge in [0.1, 0.15) is 12.4 Å². The first-order valence-electron chi connectivity index (χ1n) is 9.74. The van der Waals surface area contributed by atoms with Gasteiger partial charge in [-0.2, -0.15) is 0 Å². The number of aliphatic hydroxyl groups is 1. The van der Waals surface area contributed by atoms with Gasteiger partial charge in [0, 0.05) is 24.5 Å². The van der Waals surface area contributed by atoms with E-state index in [4.69, 9.17) is 14.2 Å². The Hall–Kier alpha value is -2.71. The topological polar surface area (TPSA) is 68.2 Å². The van der Waals surface area contributed by atoms with Crippen molar-refractivity contribution >= 4 is 6.09 Å². The van der Waals surface area contributed by atoms with Crippen molar-refractivity contribution in [2.75, 3.05) is 20.3 Å². The van der Waals surface area contributed by atoms with Crippen molar-refractivity contribution < 1.29 is 32.9 Å². The molecule has 2 aromatic rings. The zero-order chi connectivity index (χ0) is 21.3. The van der Waals surface area contributed by atoms with Gasteiger partial charge in [0.15, 0.2) is 11.6 Å². The first-order valence-corrected chi connectivity index (χ1v) is 9.74. The second kappa shape index (κ2) is 8.20. The summed E-state index contributed by atoms with van der Waals surface area (Å²) in [5.74, 6) is -2.05. The fourth-order valence-electron chi connectivity index (χ4n) is 4.35. The molecule has 0 aromatic heterocycles. The molecule has 1 N–H and O–H groups in total. The van der Waals surface area contributed by atoms with Crippen molar-refractivity contribution in [1.29, 1.82) is 0 Å². The molecule has 2 heterocycles. The average molecular weight is 419 g/mol. The van der Waals surface area contributed by atoms with Crippen LogP contribution in [0.2, 0.25) is 0 Å². The third-order valence-electron chi connectivity index (χ3n) is 5.71. The number of methoxy groups -OCH3 is 1. The second-order valence-corrected chi connectivity index (χ2v) is 7.70. The van der Waals surface area contributed by atoms with Gasteiger partial charge in [-0.1, -0.05) is 30.3 Å². The zero-order valence-corrected chi connectivity index (χ0v) is 16.5. The van der Waals surface area contributed by atoms with Crippen LogP contribution in [0, 0.1) is 11.6 Å². The maximum Gasteiger partial charge on any atom is 0.410 e. The van der Waals surface area contributed by atoms with Crippen molar-refractivity contribution in [2.24, 2.45) is 0 Å². The van der Waals surface area contributed by atoms with E-state index >= 15 is 0 Å². The zero-order valence-electron chi connectivity index (χ0n) is 16.5. The Morgan fingerprint density at radius 3 is 2.43 bits per heavy atom. The van der Waals surface area contributed by atoms with Crippen LogP contribution in [0.15, 0.2) is 42.5 Å². The molecule has 2 fully saturated rings. The fraction of sp³-hybridized carbons (Fsp3) is 0.409. The lowest BCUT2D eigenvalue weighted by atomic mass is 9.76. The van der Waals surface area contributed by atoms with Crippen LogP contribution in [-0.4, -0.2) is 48.5 Å². The minimum atomic E-state index is -1.49. The number of ether oxygens (including phenoxy) is 3. The van der Waals surface area contributed by atoms with E-state index in [1.54, 1.807) is 4.90 Å². The number of fused-ring (bicyclic) bond motifs is 2. The van der Waals surface area contributed by atoms with Gasteiger partial charge in [0.25, 0.3) is 0 Å². The molecule has 2 unspecified atom stereocenters. The van der Waals surface area contributed by atoms with Crippen LogP contribution in [0.3, 0.4) is 0 Å². The van der Waals surface area contributed by atoms with E-state index in [9.17, 15) is 18.7 Å². The summed E-state index contributed by atoms with van der Waals surface area (Å²) in [4.78, 5) is 14.4. The average Bonchev–Trinajstić information content (AvgIpc) is 2.73. The van der Waals surface area contributed by atoms with Crippen molar-refractivity contribution in [3.05, 3.63) is 65.2 Å². The third-order valence-corrected chi connectivity index (χ3v) is 5.71. The number of hydrogen-bond acceptors (Lipinski definition) is 5. The third kappa shape index (κ3) is 3.85. The van der Waals surface area contributed by atoms with Gasteiger partial charge in [-0.25, -0.2) is 13.6 Å². The number of carbonyl (C=O) groups is 1. The van der Waals surface area contributed by atoms with Gasteiger partial charge in [0.05, 0.1) is 38.0 Å². The molecule has 8 heteroatoms. The molecule has 6 nitrogen and oxygen atoms in total. The van der Waals surface area contributed by atoms with Crippen LogP contribution >= 0.6 is 0 Å². The summed E-state index contributed by atoms with van der Waals surface area (Å²) in [5.41, 5.74) is -0.458. The minimum absolute atomic E-state index is 0.0653. The Morgan fingerprint density at radius 1 is 1.17 bits per heavy atom. The van der Waals surface area contributed by atoms with Crippen LogP contribution in [0.25, 0.3) is 0 Å². The highest BCUT2D eigenvalue weighted by molar-refractivity contribution is 5.69. The number of carbonyl (C=O) groups excluding carboxylic acids is 1. The molecular formula is C22H23F2NO5. The first kappa shape index (κ1) is 20.6. The van der Waals surface area contributed by atoms with E-state index in [0.29, 0.717) is 0 Å². The number of hydrogen-bond donors (Lipinski definition) is 1. The quantitative estimate of drug-likeness (QED) is 0.823. The standard InChI is InChI=1S/C22H23F2NO5/c1-28-20-8-19(24)18(23)7-17(20)22(27)9-15-12-29-13-16(10-22)25(15)21(26)30-11-14-5-3-2-4-6-14/h2-8,15-16,27H,9-13H2,1H3. The van der Waals surface area contributed by atoms with Gasteiger partial charge < -0.3 is 19.3 Å². The number of morpholine rings is 1. The van der Waals surface area contributed by atoms with Gasteiger partial charge in [-0.3, -0.25) is 4.90 Å². The van der Waals surface area contributed by atoms with E-state index in [1.807, 2.05) is 30.3 Å². The Morgan fingerprint density at radius 2 is 1.80 bits per heavy atom. The van der Waals surface area contributed by atoms with Crippen LogP contribution in [-0.2, 0) is 21.7 Å². The van der Waals surface area contributed by atoms with E-state index < -0.39 is 35.4 Å². The van der Waals surface area contributed by atoms with Crippen LogP contribution in [0.4, 0.5) is 13.6 Å². The molecule has 2 aromatic carbocycles. The van der Waals surface area contributed by atoms with Crippen LogP contribution in [0.5, 0.6) is 5.75 Å². The molecular weight excluding hydrogens is 396 g/mol. The summed E-state index contributed by atoms with van der Waals surface area (Å²) in [6.45, 7) is 0.564. The fourth-order valence-corrected chi connectivity index (χ4v) is 4.35. The summed E-state index contributed by atoms with van der Waals surface area (Å²) >= 11 is 0. The number of halogens is 2. The second-order valence-electron chi connectivity index (χ2n) is 7.70. The molecule has 2 aliphatic rings. The lowest BCUT2D eigenvalue weighted by Crippen LogP contribution is -2.62. The van der Waals surface area contributed by atoms with Crippen LogP contribution in [0.1, 0.15) is 24.0 Å². The Bertz CT molecular complexity index is 909. The number of amides is 1. The minimum Gasteiger partial charge on any atom is -0.496 e. The van der Waals surface area contributed by atoms with E-state index in [-0.39, 0.29) is 44.0 Å². The molecule has 2 bridgehead atoms. The first-order chi connectivity index (χ1) is 14.4. The molecule has 2 aliphatic heterocycles. The molecule has 2 saturated heterocycles. The Kier molecular flexibility index (Phi) is 5.62. The predicted octanol–water partition coefficient (Wildman–Crippen LogP) is 3.36. The molecule has 0 saturated carbocycles. The van der Waals surface area contributed by atoms with Crippen LogP contribution < -0.4 is 4.74 Å². The highest BCUT2D eigenvalue weighted by Crippen LogP contribution is 2.44. The summed E-state index contributed by atoms with van der Waals surface area (Å²) in [6.07, 6.45) is -0.312. The molecule has 2 atom stereocenters. The lowest BCUT2D eigenvalue weighted by molar-refractivity contribution is -0.137. The Labute approximate surface area is 173 Å². The van der Waals surface area contributed by atoms with Crippen molar-refractivity contribution in [2.45, 2.75) is 37.1 Å². The highest BCUT2D eigenvalue weighted by Gasteiger charge is 2.50. The van der Waals surface area contributed by atoms with Gasteiger partial charge >= 0.3 is 6.09 Å². The summed E-state index contributed by atoms with van der Waals surface area (Å²) in [5, 5.41) is 11.4. The van der Waals surface area contributed by atoms with E-state index in [0.717, 1.165) is 17.7 Å². The number of benzene rings is 2. The van der Waals surface area contributed by atoms with E-state index in [1.165, 1.54) is 7.11 Å². The van der Waals surface area contributed by atoms with Crippen molar-refractivity contribution in [1.82, 2.24) is 4.90 Å². The highest BCUT2D eigenvalue weighted by atomic mass is 19.2. The monoisotopic (exact) mass is 419 g/mol. The predicted molar refractivity (Wildman–Crippen MR) is 103 cm³/mol. The molecule has 0 aliphatic carbocycles. The molecule has 160 valence electrons. The van der Waals surface area contributed by atoms with Gasteiger partial charge in [0.2, 0.25) is 0 Å². The largest absolute Gasteiger partial charge is 0.496 e. The molecule has 0 radical (unpaired) electrons. The van der Waals surface area contributed by atoms with Crippen molar-refractivity contribution in [3.63, 3.8) is 0 Å². The number of piperidine rings is 1. The lowest BCUT2D eigenvalue weighted by Gasteiger charge is -2.51. The smallest absolute Gasteiger partial charge is 0.410 e. The maximum atomic E-state index is 13.9. The summed E-state index contributed by atoms with van der Waals surface area (Å²) in [7, 11) is 1.33. The van der Waals surface area contributed by atoms with Gasteiger partial charge in [-0.05, 0) is 11.6 Å². The van der Waals surface area contributed by atoms with Gasteiger partial charge in [-0.15, -0.1) is 0 Å². The number of rotatable bonds is 4. The molecule has 30 heavy (non-hydrogen) atoms. The summed E-state index contributed by atoms with van der Waals surface area (Å²) in [6, 6.07) is 10.3. The maximum absolute atomic E-state index is 13.9. The molecule has 1 amide bonds. The summed E-state index contributed by atoms with van der Waals surface area (Å²) < 4.78 is 43.8. The van der Waals surface area contributed by atoms with Crippen molar-refractivity contribution in [3.8, 4) is 5.75 Å². The Balaban J connectivity index is 1.55. The molecule has 0 spiro atoms. The SMILES string of the molecule is COc1cc(F)c(F)cc1C1(O)CC2COCC(C1)N2C(=O)OCc1ccccc1. The molecule has 4 rings (SSSR count). The normalized spacial score (nSPS) is 25.7.